The summed E-state index contributed by atoms with van der Waals surface area (Å²) in [6, 6.07) is 0. The van der Waals surface area contributed by atoms with Crippen molar-refractivity contribution in [3.63, 3.8) is 0 Å². The summed E-state index contributed by atoms with van der Waals surface area (Å²) in [5.41, 5.74) is -0.984. The predicted octanol–water partition coefficient (Wildman–Crippen LogP) is 0.274. The number of rotatable bonds is 2. The Kier molecular flexibility index (Phi) is 2.69. The molecule has 0 radical (unpaired) electrons. The van der Waals surface area contributed by atoms with Crippen molar-refractivity contribution in [2.45, 2.75) is 38.1 Å². The summed E-state index contributed by atoms with van der Waals surface area (Å²) in [5.74, 6) is -0.423. The lowest BCUT2D eigenvalue weighted by molar-refractivity contribution is -0.164. The van der Waals surface area contributed by atoms with Crippen LogP contribution in [0.1, 0.15) is 32.6 Å². The van der Waals surface area contributed by atoms with Crippen molar-refractivity contribution in [2.24, 2.45) is 0 Å². The Morgan fingerprint density at radius 1 is 1.44 bits per heavy atom. The number of carbonyl (C=O) groups excluding carboxylic acids is 3. The van der Waals surface area contributed by atoms with Crippen LogP contribution in [0.4, 0.5) is 0 Å². The Hall–Kier alpha value is -1.39. The van der Waals surface area contributed by atoms with Crippen LogP contribution in [0.3, 0.4) is 0 Å². The van der Waals surface area contributed by atoms with E-state index in [0.717, 1.165) is 0 Å². The average Bonchev–Trinajstić information content (AvgIpc) is 2.57. The number of ether oxygens (including phenoxy) is 1. The van der Waals surface area contributed by atoms with Crippen LogP contribution in [0.5, 0.6) is 0 Å². The summed E-state index contributed by atoms with van der Waals surface area (Å²) in [6.45, 7) is 2.35. The van der Waals surface area contributed by atoms with Crippen LogP contribution in [-0.2, 0) is 19.1 Å². The van der Waals surface area contributed by atoms with Crippen molar-refractivity contribution in [1.82, 2.24) is 4.90 Å². The zero-order valence-corrected chi connectivity index (χ0v) is 9.32. The van der Waals surface area contributed by atoms with Crippen molar-refractivity contribution in [1.29, 1.82) is 0 Å². The topological polar surface area (TPSA) is 63.7 Å². The minimum atomic E-state index is -0.984. The third kappa shape index (κ3) is 1.50. The molecule has 0 unspecified atom stereocenters. The number of hydrogen-bond donors (Lipinski definition) is 0. The van der Waals surface area contributed by atoms with Gasteiger partial charge in [-0.2, -0.15) is 0 Å². The SMILES string of the molecule is CCOC(=O)[C@]12CCC(=O)N1CCC(=O)C2. The minimum Gasteiger partial charge on any atom is -0.464 e. The molecule has 5 heteroatoms. The van der Waals surface area contributed by atoms with E-state index < -0.39 is 11.5 Å². The summed E-state index contributed by atoms with van der Waals surface area (Å²) in [6.07, 6.45) is 1.23. The van der Waals surface area contributed by atoms with Crippen LogP contribution in [0.2, 0.25) is 0 Å². The summed E-state index contributed by atoms with van der Waals surface area (Å²) in [4.78, 5) is 36.6. The Morgan fingerprint density at radius 3 is 2.88 bits per heavy atom. The van der Waals surface area contributed by atoms with Crippen molar-refractivity contribution in [2.75, 3.05) is 13.2 Å². The smallest absolute Gasteiger partial charge is 0.332 e. The second-order valence-corrected chi connectivity index (χ2v) is 4.26. The fourth-order valence-electron chi connectivity index (χ4n) is 2.55. The highest BCUT2D eigenvalue weighted by atomic mass is 16.5. The summed E-state index contributed by atoms with van der Waals surface area (Å²) in [5, 5.41) is 0. The Balaban J connectivity index is 2.28. The lowest BCUT2D eigenvalue weighted by Crippen LogP contribution is -2.57. The van der Waals surface area contributed by atoms with E-state index in [2.05, 4.69) is 0 Å². The number of esters is 1. The molecular weight excluding hydrogens is 210 g/mol. The first-order valence-corrected chi connectivity index (χ1v) is 5.59. The molecule has 2 aliphatic rings. The molecule has 5 nitrogen and oxygen atoms in total. The van der Waals surface area contributed by atoms with Gasteiger partial charge in [0.15, 0.2) is 0 Å². The molecule has 2 aliphatic heterocycles. The van der Waals surface area contributed by atoms with Gasteiger partial charge in [0.05, 0.1) is 6.61 Å². The molecular formula is C11H15NO4. The van der Waals surface area contributed by atoms with Crippen molar-refractivity contribution < 1.29 is 19.1 Å². The number of carbonyl (C=O) groups is 3. The quantitative estimate of drug-likeness (QED) is 0.633. The molecule has 0 aliphatic carbocycles. The lowest BCUT2D eigenvalue weighted by atomic mass is 9.86. The fourth-order valence-corrected chi connectivity index (χ4v) is 2.55. The van der Waals surface area contributed by atoms with Gasteiger partial charge in [-0.15, -0.1) is 0 Å². The highest BCUT2D eigenvalue weighted by Crippen LogP contribution is 2.38. The van der Waals surface area contributed by atoms with E-state index in [1.807, 2.05) is 0 Å². The van der Waals surface area contributed by atoms with E-state index in [9.17, 15) is 14.4 Å². The first-order valence-electron chi connectivity index (χ1n) is 5.59. The van der Waals surface area contributed by atoms with E-state index in [0.29, 0.717) is 25.8 Å². The summed E-state index contributed by atoms with van der Waals surface area (Å²) < 4.78 is 5.00. The van der Waals surface area contributed by atoms with Gasteiger partial charge in [0, 0.05) is 25.8 Å². The van der Waals surface area contributed by atoms with Gasteiger partial charge in [0.25, 0.3) is 0 Å². The number of Topliss-reactive ketones (excluding diaryl/α,β-unsaturated/α-hetero) is 1. The molecule has 1 atom stereocenters. The third-order valence-electron chi connectivity index (χ3n) is 3.33. The van der Waals surface area contributed by atoms with Gasteiger partial charge in [-0.25, -0.2) is 4.79 Å². The van der Waals surface area contributed by atoms with E-state index >= 15 is 0 Å². The monoisotopic (exact) mass is 225 g/mol. The third-order valence-corrected chi connectivity index (χ3v) is 3.33. The molecule has 0 saturated carbocycles. The van der Waals surface area contributed by atoms with E-state index in [1.165, 1.54) is 4.90 Å². The fraction of sp³-hybridized carbons (Fsp3) is 0.727. The first-order chi connectivity index (χ1) is 7.60. The number of nitrogens with zero attached hydrogens (tertiary/aromatic N) is 1. The van der Waals surface area contributed by atoms with Crippen LogP contribution in [-0.4, -0.2) is 41.3 Å². The first kappa shape index (κ1) is 11.1. The second-order valence-electron chi connectivity index (χ2n) is 4.26. The van der Waals surface area contributed by atoms with Gasteiger partial charge in [0.2, 0.25) is 5.91 Å². The molecule has 0 spiro atoms. The Bertz CT molecular complexity index is 352. The number of ketones is 1. The van der Waals surface area contributed by atoms with Crippen LogP contribution < -0.4 is 0 Å². The highest BCUT2D eigenvalue weighted by molar-refractivity contribution is 5.98. The van der Waals surface area contributed by atoms with E-state index in [4.69, 9.17) is 4.74 Å². The molecule has 0 aromatic rings. The van der Waals surface area contributed by atoms with Gasteiger partial charge in [-0.3, -0.25) is 9.59 Å². The number of fused-ring (bicyclic) bond motifs is 1. The number of amides is 1. The van der Waals surface area contributed by atoms with Crippen LogP contribution in [0.25, 0.3) is 0 Å². The molecule has 2 fully saturated rings. The summed E-state index contributed by atoms with van der Waals surface area (Å²) in [7, 11) is 0. The lowest BCUT2D eigenvalue weighted by Gasteiger charge is -2.39. The van der Waals surface area contributed by atoms with Crippen molar-refractivity contribution in [3.8, 4) is 0 Å². The molecule has 88 valence electrons. The molecule has 0 aromatic heterocycles. The minimum absolute atomic E-state index is 0.0407. The Labute approximate surface area is 93.7 Å². The van der Waals surface area contributed by atoms with Crippen molar-refractivity contribution >= 4 is 17.7 Å². The van der Waals surface area contributed by atoms with E-state index in [1.54, 1.807) is 6.92 Å². The molecule has 0 bridgehead atoms. The van der Waals surface area contributed by atoms with Gasteiger partial charge >= 0.3 is 5.97 Å². The largest absolute Gasteiger partial charge is 0.464 e. The average molecular weight is 225 g/mol. The molecule has 1 amide bonds. The molecule has 2 saturated heterocycles. The summed E-state index contributed by atoms with van der Waals surface area (Å²) >= 11 is 0. The molecule has 2 heterocycles. The number of piperidine rings is 1. The Morgan fingerprint density at radius 2 is 2.19 bits per heavy atom. The molecule has 16 heavy (non-hydrogen) atoms. The van der Waals surface area contributed by atoms with Crippen molar-refractivity contribution in [3.05, 3.63) is 0 Å². The van der Waals surface area contributed by atoms with Crippen LogP contribution in [0.15, 0.2) is 0 Å². The van der Waals surface area contributed by atoms with Gasteiger partial charge < -0.3 is 9.64 Å². The highest BCUT2D eigenvalue weighted by Gasteiger charge is 2.55. The van der Waals surface area contributed by atoms with Crippen LogP contribution >= 0.6 is 0 Å². The number of hydrogen-bond acceptors (Lipinski definition) is 4. The van der Waals surface area contributed by atoms with Gasteiger partial charge in [-0.05, 0) is 13.3 Å². The predicted molar refractivity (Wildman–Crippen MR) is 54.6 cm³/mol. The van der Waals surface area contributed by atoms with Gasteiger partial charge in [0.1, 0.15) is 11.3 Å². The normalized spacial score (nSPS) is 29.2. The van der Waals surface area contributed by atoms with Crippen LogP contribution in [0, 0.1) is 0 Å². The zero-order valence-electron chi connectivity index (χ0n) is 9.32. The van der Waals surface area contributed by atoms with Gasteiger partial charge in [-0.1, -0.05) is 0 Å². The molecule has 2 rings (SSSR count). The maximum atomic E-state index is 11.9. The maximum absolute atomic E-state index is 11.9. The second kappa shape index (κ2) is 3.88. The maximum Gasteiger partial charge on any atom is 0.332 e. The standard InChI is InChI=1S/C11H15NO4/c1-2-16-10(15)11-5-3-9(14)12(11)6-4-8(13)7-11/h2-7H2,1H3/t11-/m1/s1. The van der Waals surface area contributed by atoms with E-state index in [-0.39, 0.29) is 24.7 Å². The molecule has 0 aromatic carbocycles. The molecule has 0 N–H and O–H groups in total. The zero-order chi connectivity index (χ0) is 11.8.